The summed E-state index contributed by atoms with van der Waals surface area (Å²) < 4.78 is 10.5. The van der Waals surface area contributed by atoms with E-state index in [2.05, 4.69) is 48.4 Å². The van der Waals surface area contributed by atoms with Crippen LogP contribution in [0.25, 0.3) is 0 Å². The highest BCUT2D eigenvalue weighted by Crippen LogP contribution is 2.16. The minimum Gasteiger partial charge on any atom is -0.449 e. The van der Waals surface area contributed by atoms with E-state index in [0.717, 1.165) is 51.9 Å². The standard InChI is InChI=1S/C26H46N4O4/c1-5-7-16-29(3)18-9-11-20-33-25(31)27-23-14-13-15-24(22-23)28-26(32)34-21-12-10-19-30(4)17-8-6-2/h13-15,22H,5-12,16-21H2,1-4H3,(H,27,31)(H,28,32). The van der Waals surface area contributed by atoms with Gasteiger partial charge in [0.2, 0.25) is 0 Å². The Morgan fingerprint density at radius 3 is 1.53 bits per heavy atom. The number of amides is 2. The van der Waals surface area contributed by atoms with Crippen LogP contribution in [0.1, 0.15) is 65.2 Å². The van der Waals surface area contributed by atoms with Crippen molar-refractivity contribution in [2.45, 2.75) is 65.2 Å². The van der Waals surface area contributed by atoms with Crippen molar-refractivity contribution in [3.63, 3.8) is 0 Å². The molecule has 2 amide bonds. The first-order valence-corrected chi connectivity index (χ1v) is 12.8. The van der Waals surface area contributed by atoms with Crippen molar-refractivity contribution in [3.8, 4) is 0 Å². The van der Waals surface area contributed by atoms with Crippen molar-refractivity contribution >= 4 is 23.6 Å². The number of unbranched alkanes of at least 4 members (excludes halogenated alkanes) is 4. The molecule has 0 aliphatic heterocycles. The largest absolute Gasteiger partial charge is 0.449 e. The fourth-order valence-electron chi connectivity index (χ4n) is 3.36. The first-order chi connectivity index (χ1) is 16.4. The van der Waals surface area contributed by atoms with Gasteiger partial charge in [0.1, 0.15) is 0 Å². The number of nitrogens with one attached hydrogen (secondary N) is 2. The lowest BCUT2D eigenvalue weighted by Gasteiger charge is -2.15. The zero-order valence-corrected chi connectivity index (χ0v) is 21.7. The van der Waals surface area contributed by atoms with E-state index >= 15 is 0 Å². The highest BCUT2D eigenvalue weighted by atomic mass is 16.6. The van der Waals surface area contributed by atoms with Gasteiger partial charge in [-0.2, -0.15) is 0 Å². The van der Waals surface area contributed by atoms with Crippen molar-refractivity contribution in [2.24, 2.45) is 0 Å². The Labute approximate surface area is 206 Å². The lowest BCUT2D eigenvalue weighted by Crippen LogP contribution is -2.21. The molecule has 0 saturated carbocycles. The normalized spacial score (nSPS) is 11.0. The number of hydrogen-bond acceptors (Lipinski definition) is 6. The topological polar surface area (TPSA) is 83.1 Å². The Balaban J connectivity index is 2.21. The maximum Gasteiger partial charge on any atom is 0.411 e. The van der Waals surface area contributed by atoms with Crippen molar-refractivity contribution in [1.82, 2.24) is 9.80 Å². The fourth-order valence-corrected chi connectivity index (χ4v) is 3.36. The Kier molecular flexibility index (Phi) is 16.6. The summed E-state index contributed by atoms with van der Waals surface area (Å²) in [5, 5.41) is 5.40. The van der Waals surface area contributed by atoms with E-state index in [4.69, 9.17) is 9.47 Å². The van der Waals surface area contributed by atoms with Crippen molar-refractivity contribution in [2.75, 3.05) is 64.1 Å². The van der Waals surface area contributed by atoms with Gasteiger partial charge in [-0.1, -0.05) is 32.8 Å². The molecule has 1 aromatic rings. The molecule has 0 heterocycles. The zero-order valence-electron chi connectivity index (χ0n) is 21.7. The third-order valence-electron chi connectivity index (χ3n) is 5.48. The average molecular weight is 479 g/mol. The number of hydrogen-bond donors (Lipinski definition) is 2. The maximum absolute atomic E-state index is 12.0. The molecule has 0 unspecified atom stereocenters. The van der Waals surface area contributed by atoms with Crippen LogP contribution >= 0.6 is 0 Å². The number of anilines is 2. The second-order valence-corrected chi connectivity index (χ2v) is 8.83. The second-order valence-electron chi connectivity index (χ2n) is 8.83. The van der Waals surface area contributed by atoms with Crippen molar-refractivity contribution in [3.05, 3.63) is 24.3 Å². The van der Waals surface area contributed by atoms with E-state index in [9.17, 15) is 9.59 Å². The predicted octanol–water partition coefficient (Wildman–Crippen LogP) is 5.81. The number of benzene rings is 1. The van der Waals surface area contributed by atoms with E-state index in [1.165, 1.54) is 25.7 Å². The molecule has 34 heavy (non-hydrogen) atoms. The van der Waals surface area contributed by atoms with Gasteiger partial charge in [0.25, 0.3) is 0 Å². The van der Waals surface area contributed by atoms with Crippen molar-refractivity contribution in [1.29, 1.82) is 0 Å². The van der Waals surface area contributed by atoms with Gasteiger partial charge in [0.15, 0.2) is 0 Å². The van der Waals surface area contributed by atoms with E-state index in [0.29, 0.717) is 24.6 Å². The summed E-state index contributed by atoms with van der Waals surface area (Å²) in [4.78, 5) is 28.7. The first kappa shape index (κ1) is 29.7. The molecular weight excluding hydrogens is 432 g/mol. The van der Waals surface area contributed by atoms with Gasteiger partial charge in [-0.05, 0) is 97.0 Å². The third kappa shape index (κ3) is 15.5. The number of carbonyl (C=O) groups is 2. The fraction of sp³-hybridized carbons (Fsp3) is 0.692. The highest BCUT2D eigenvalue weighted by molar-refractivity contribution is 5.88. The Hall–Kier alpha value is -2.32. The summed E-state index contributed by atoms with van der Waals surface area (Å²) in [6, 6.07) is 6.92. The molecule has 0 fully saturated rings. The molecule has 8 heteroatoms. The summed E-state index contributed by atoms with van der Waals surface area (Å²) in [6.07, 6.45) is 7.45. The smallest absolute Gasteiger partial charge is 0.411 e. The Morgan fingerprint density at radius 2 is 1.12 bits per heavy atom. The van der Waals surface area contributed by atoms with Crippen LogP contribution in [0.5, 0.6) is 0 Å². The van der Waals surface area contributed by atoms with E-state index < -0.39 is 12.2 Å². The SMILES string of the molecule is CCCCN(C)CCCCOC(=O)Nc1cccc(NC(=O)OCCCCN(C)CCCC)c1. The second kappa shape index (κ2) is 19.0. The maximum atomic E-state index is 12.0. The molecule has 0 saturated heterocycles. The van der Waals surface area contributed by atoms with Crippen LogP contribution in [0.3, 0.4) is 0 Å². The molecule has 0 spiro atoms. The molecule has 0 aliphatic carbocycles. The lowest BCUT2D eigenvalue weighted by atomic mass is 10.2. The molecule has 1 rings (SSSR count). The van der Waals surface area contributed by atoms with Gasteiger partial charge in [-0.3, -0.25) is 10.6 Å². The number of rotatable bonds is 18. The summed E-state index contributed by atoms with van der Waals surface area (Å²) in [5.41, 5.74) is 1.11. The molecule has 2 N–H and O–H groups in total. The number of carbonyl (C=O) groups excluding carboxylic acids is 2. The van der Waals surface area contributed by atoms with E-state index in [1.54, 1.807) is 24.3 Å². The van der Waals surface area contributed by atoms with Gasteiger partial charge >= 0.3 is 12.2 Å². The van der Waals surface area contributed by atoms with Crippen LogP contribution in [0.2, 0.25) is 0 Å². The Bertz CT molecular complexity index is 633. The minimum absolute atomic E-state index is 0.381. The van der Waals surface area contributed by atoms with Gasteiger partial charge in [-0.25, -0.2) is 9.59 Å². The quantitative estimate of drug-likeness (QED) is 0.259. The molecule has 0 bridgehead atoms. The molecular formula is C26H46N4O4. The molecule has 0 aliphatic rings. The first-order valence-electron chi connectivity index (χ1n) is 12.8. The number of nitrogens with zero attached hydrogens (tertiary/aromatic N) is 2. The summed E-state index contributed by atoms with van der Waals surface area (Å²) >= 11 is 0. The Morgan fingerprint density at radius 1 is 0.706 bits per heavy atom. The molecule has 0 radical (unpaired) electrons. The highest BCUT2D eigenvalue weighted by Gasteiger charge is 2.07. The zero-order chi connectivity index (χ0) is 25.0. The van der Waals surface area contributed by atoms with E-state index in [1.807, 2.05) is 0 Å². The monoisotopic (exact) mass is 478 g/mol. The summed E-state index contributed by atoms with van der Waals surface area (Å²) in [7, 11) is 4.24. The molecule has 0 aromatic heterocycles. The third-order valence-corrected chi connectivity index (χ3v) is 5.48. The van der Waals surface area contributed by atoms with Crippen LogP contribution < -0.4 is 10.6 Å². The summed E-state index contributed by atoms with van der Waals surface area (Å²) in [5.74, 6) is 0. The number of ether oxygens (including phenoxy) is 2. The van der Waals surface area contributed by atoms with Crippen LogP contribution in [-0.4, -0.2) is 75.5 Å². The predicted molar refractivity (Wildman–Crippen MR) is 140 cm³/mol. The van der Waals surface area contributed by atoms with Crippen LogP contribution in [0, 0.1) is 0 Å². The summed E-state index contributed by atoms with van der Waals surface area (Å²) in [6.45, 7) is 9.36. The molecule has 0 atom stereocenters. The average Bonchev–Trinajstić information content (AvgIpc) is 2.81. The van der Waals surface area contributed by atoms with Gasteiger partial charge in [0.05, 0.1) is 13.2 Å². The van der Waals surface area contributed by atoms with Gasteiger partial charge < -0.3 is 19.3 Å². The van der Waals surface area contributed by atoms with E-state index in [-0.39, 0.29) is 0 Å². The van der Waals surface area contributed by atoms with Gasteiger partial charge in [0, 0.05) is 11.4 Å². The van der Waals surface area contributed by atoms with Crippen LogP contribution in [0.4, 0.5) is 21.0 Å². The molecule has 8 nitrogen and oxygen atoms in total. The lowest BCUT2D eigenvalue weighted by molar-refractivity contribution is 0.157. The molecule has 194 valence electrons. The van der Waals surface area contributed by atoms with Gasteiger partial charge in [-0.15, -0.1) is 0 Å². The van der Waals surface area contributed by atoms with Crippen molar-refractivity contribution < 1.29 is 19.1 Å². The minimum atomic E-state index is -0.497. The van der Waals surface area contributed by atoms with Crippen LogP contribution in [-0.2, 0) is 9.47 Å². The van der Waals surface area contributed by atoms with Crippen LogP contribution in [0.15, 0.2) is 24.3 Å². The molecule has 1 aromatic carbocycles.